The number of carbonyl (C=O) groups excluding carboxylic acids is 1. The summed E-state index contributed by atoms with van der Waals surface area (Å²) < 4.78 is 0. The summed E-state index contributed by atoms with van der Waals surface area (Å²) >= 11 is 0. The predicted molar refractivity (Wildman–Crippen MR) is 62.7 cm³/mol. The number of nitrogens with zero attached hydrogens (tertiary/aromatic N) is 1. The summed E-state index contributed by atoms with van der Waals surface area (Å²) in [4.78, 5) is 24.2. The minimum atomic E-state index is -0.777. The second-order valence-electron chi connectivity index (χ2n) is 5.89. The summed E-state index contributed by atoms with van der Waals surface area (Å²) in [7, 11) is 0. The second kappa shape index (κ2) is 4.20. The number of likely N-dealkylation sites (tertiary alicyclic amines) is 1. The zero-order chi connectivity index (χ0) is 12.6. The number of nitrogens with one attached hydrogen (secondary N) is 1. The number of carbonyl (C=O) groups is 2. The van der Waals surface area contributed by atoms with Crippen LogP contribution in [0, 0.1) is 11.3 Å². The predicted octanol–water partition coefficient (Wildman–Crippen LogP) is 1.29. The molecule has 1 saturated heterocycles. The van der Waals surface area contributed by atoms with Gasteiger partial charge in [0.2, 0.25) is 0 Å². The zero-order valence-corrected chi connectivity index (χ0v) is 10.4. The number of carboxylic acids is 1. The van der Waals surface area contributed by atoms with Crippen molar-refractivity contribution in [2.45, 2.75) is 39.2 Å². The van der Waals surface area contributed by atoms with Crippen LogP contribution in [0.15, 0.2) is 0 Å². The molecule has 1 aliphatic carbocycles. The van der Waals surface area contributed by atoms with Crippen molar-refractivity contribution >= 4 is 12.0 Å². The highest BCUT2D eigenvalue weighted by atomic mass is 16.4. The van der Waals surface area contributed by atoms with Gasteiger partial charge in [-0.25, -0.2) is 4.79 Å². The second-order valence-corrected chi connectivity index (χ2v) is 5.89. The number of aliphatic carboxylic acids is 1. The molecule has 2 unspecified atom stereocenters. The van der Waals surface area contributed by atoms with Crippen LogP contribution >= 0.6 is 0 Å². The Bertz CT molecular complexity index is 341. The van der Waals surface area contributed by atoms with Crippen molar-refractivity contribution in [3.05, 3.63) is 0 Å². The van der Waals surface area contributed by atoms with Gasteiger partial charge in [0.15, 0.2) is 0 Å². The average Bonchev–Trinajstić information content (AvgIpc) is 2.62. The number of amides is 2. The molecule has 17 heavy (non-hydrogen) atoms. The van der Waals surface area contributed by atoms with Crippen molar-refractivity contribution in [3.8, 4) is 0 Å². The quantitative estimate of drug-likeness (QED) is 0.781. The monoisotopic (exact) mass is 240 g/mol. The average molecular weight is 240 g/mol. The Balaban J connectivity index is 1.76. The molecule has 0 radical (unpaired) electrons. The van der Waals surface area contributed by atoms with E-state index in [1.165, 1.54) is 0 Å². The first-order valence-electron chi connectivity index (χ1n) is 6.16. The van der Waals surface area contributed by atoms with Gasteiger partial charge in [0.05, 0.1) is 0 Å². The summed E-state index contributed by atoms with van der Waals surface area (Å²) in [6.45, 7) is 5.52. The molecule has 1 aliphatic heterocycles. The van der Waals surface area contributed by atoms with Gasteiger partial charge in [-0.05, 0) is 24.2 Å². The molecule has 2 atom stereocenters. The first kappa shape index (κ1) is 12.2. The molecule has 2 rings (SSSR count). The van der Waals surface area contributed by atoms with E-state index in [4.69, 9.17) is 5.11 Å². The lowest BCUT2D eigenvalue weighted by atomic mass is 10.1. The first-order chi connectivity index (χ1) is 7.88. The molecule has 2 N–H and O–H groups in total. The van der Waals surface area contributed by atoms with Crippen LogP contribution in [0.4, 0.5) is 4.79 Å². The van der Waals surface area contributed by atoms with E-state index >= 15 is 0 Å². The van der Waals surface area contributed by atoms with Crippen molar-refractivity contribution < 1.29 is 14.7 Å². The van der Waals surface area contributed by atoms with Gasteiger partial charge in [-0.15, -0.1) is 0 Å². The number of hydrogen-bond acceptors (Lipinski definition) is 2. The fourth-order valence-corrected chi connectivity index (χ4v) is 2.38. The maximum Gasteiger partial charge on any atom is 0.317 e. The van der Waals surface area contributed by atoms with E-state index in [0.717, 1.165) is 12.8 Å². The van der Waals surface area contributed by atoms with Crippen LogP contribution in [-0.2, 0) is 4.79 Å². The third-order valence-corrected chi connectivity index (χ3v) is 3.85. The van der Waals surface area contributed by atoms with E-state index in [9.17, 15) is 9.59 Å². The molecular formula is C12H20N2O3. The standard InChI is InChI=1S/C12H20N2O3/c1-12(2)6-9(12)13-11(17)14-4-3-8(7-14)5-10(15)16/h8-9H,3-7H2,1-2H3,(H,13,17)(H,15,16). The molecule has 0 aromatic carbocycles. The van der Waals surface area contributed by atoms with E-state index < -0.39 is 5.97 Å². The van der Waals surface area contributed by atoms with Crippen molar-refractivity contribution in [2.24, 2.45) is 11.3 Å². The highest BCUT2D eigenvalue weighted by molar-refractivity contribution is 5.75. The molecule has 2 amide bonds. The van der Waals surface area contributed by atoms with Gasteiger partial charge in [0.1, 0.15) is 0 Å². The highest BCUT2D eigenvalue weighted by Crippen LogP contribution is 2.44. The van der Waals surface area contributed by atoms with Crippen LogP contribution in [0.5, 0.6) is 0 Å². The van der Waals surface area contributed by atoms with E-state index in [1.54, 1.807) is 4.90 Å². The van der Waals surface area contributed by atoms with Crippen LogP contribution in [0.1, 0.15) is 33.1 Å². The molecule has 5 heteroatoms. The van der Waals surface area contributed by atoms with Crippen molar-refractivity contribution in [2.75, 3.05) is 13.1 Å². The van der Waals surface area contributed by atoms with Gasteiger partial charge in [0, 0.05) is 25.6 Å². The van der Waals surface area contributed by atoms with E-state index in [2.05, 4.69) is 19.2 Å². The molecule has 0 bridgehead atoms. The first-order valence-corrected chi connectivity index (χ1v) is 6.16. The lowest BCUT2D eigenvalue weighted by Crippen LogP contribution is -2.40. The third-order valence-electron chi connectivity index (χ3n) is 3.85. The van der Waals surface area contributed by atoms with Gasteiger partial charge >= 0.3 is 12.0 Å². The smallest absolute Gasteiger partial charge is 0.317 e. The van der Waals surface area contributed by atoms with Crippen molar-refractivity contribution in [3.63, 3.8) is 0 Å². The maximum absolute atomic E-state index is 11.9. The van der Waals surface area contributed by atoms with Gasteiger partial charge in [-0.1, -0.05) is 13.8 Å². The van der Waals surface area contributed by atoms with Crippen LogP contribution < -0.4 is 5.32 Å². The van der Waals surface area contributed by atoms with Gasteiger partial charge in [-0.3, -0.25) is 4.79 Å². The Labute approximate surface area is 101 Å². The molecule has 96 valence electrons. The van der Waals surface area contributed by atoms with Gasteiger partial charge < -0.3 is 15.3 Å². The molecule has 0 aromatic heterocycles. The third kappa shape index (κ3) is 2.90. The molecule has 2 aliphatic rings. The zero-order valence-electron chi connectivity index (χ0n) is 10.4. The van der Waals surface area contributed by atoms with Crippen molar-refractivity contribution in [1.29, 1.82) is 0 Å². The van der Waals surface area contributed by atoms with Crippen LogP contribution in [0.3, 0.4) is 0 Å². The lowest BCUT2D eigenvalue weighted by Gasteiger charge is -2.17. The topological polar surface area (TPSA) is 69.6 Å². The summed E-state index contributed by atoms with van der Waals surface area (Å²) in [5, 5.41) is 11.7. The van der Waals surface area contributed by atoms with Crippen LogP contribution in [-0.4, -0.2) is 41.1 Å². The highest BCUT2D eigenvalue weighted by Gasteiger charge is 2.47. The Morgan fingerprint density at radius 2 is 2.12 bits per heavy atom. The number of carboxylic acid groups (broad SMARTS) is 1. The van der Waals surface area contributed by atoms with E-state index in [1.807, 2.05) is 0 Å². The summed E-state index contributed by atoms with van der Waals surface area (Å²) in [6.07, 6.45) is 2.00. The summed E-state index contributed by atoms with van der Waals surface area (Å²) in [5.74, 6) is -0.661. The van der Waals surface area contributed by atoms with E-state index in [0.29, 0.717) is 13.1 Å². The molecule has 5 nitrogen and oxygen atoms in total. The minimum absolute atomic E-state index is 0.0338. The summed E-state index contributed by atoms with van der Waals surface area (Å²) in [6, 6.07) is 0.252. The molecule has 1 heterocycles. The number of hydrogen-bond donors (Lipinski definition) is 2. The maximum atomic E-state index is 11.9. The molecule has 0 aromatic rings. The Morgan fingerprint density at radius 1 is 1.47 bits per heavy atom. The van der Waals surface area contributed by atoms with Crippen LogP contribution in [0.2, 0.25) is 0 Å². The normalized spacial score (nSPS) is 30.1. The molecule has 2 fully saturated rings. The minimum Gasteiger partial charge on any atom is -0.481 e. The molecule has 0 spiro atoms. The number of rotatable bonds is 3. The Hall–Kier alpha value is -1.26. The van der Waals surface area contributed by atoms with Crippen molar-refractivity contribution in [1.82, 2.24) is 10.2 Å². The van der Waals surface area contributed by atoms with Gasteiger partial charge in [0.25, 0.3) is 0 Å². The molecular weight excluding hydrogens is 220 g/mol. The summed E-state index contributed by atoms with van der Waals surface area (Å²) in [5.41, 5.74) is 0.232. The largest absolute Gasteiger partial charge is 0.481 e. The fraction of sp³-hybridized carbons (Fsp3) is 0.833. The van der Waals surface area contributed by atoms with E-state index in [-0.39, 0.29) is 29.8 Å². The van der Waals surface area contributed by atoms with Gasteiger partial charge in [-0.2, -0.15) is 0 Å². The SMILES string of the molecule is CC1(C)CC1NC(=O)N1CCC(CC(=O)O)C1. The molecule has 1 saturated carbocycles. The Kier molecular flexibility index (Phi) is 3.02. The lowest BCUT2D eigenvalue weighted by molar-refractivity contribution is -0.138. The number of urea groups is 1. The fourth-order valence-electron chi connectivity index (χ4n) is 2.38. The Morgan fingerprint density at radius 3 is 2.65 bits per heavy atom. The van der Waals surface area contributed by atoms with Crippen LogP contribution in [0.25, 0.3) is 0 Å².